The highest BCUT2D eigenvalue weighted by Crippen LogP contribution is 2.11. The van der Waals surface area contributed by atoms with E-state index in [2.05, 4.69) is 10.4 Å². The molecule has 0 bridgehead atoms. The number of carbonyl (C=O) groups excluding carboxylic acids is 1. The molecule has 1 heterocycles. The maximum atomic E-state index is 12.1. The fourth-order valence-corrected chi connectivity index (χ4v) is 2.03. The summed E-state index contributed by atoms with van der Waals surface area (Å²) in [5.41, 5.74) is 1.97. The van der Waals surface area contributed by atoms with E-state index < -0.39 is 12.0 Å². The highest BCUT2D eigenvalue weighted by Gasteiger charge is 2.16. The Hall–Kier alpha value is -2.63. The van der Waals surface area contributed by atoms with Crippen molar-refractivity contribution in [2.45, 2.75) is 26.3 Å². The third-order valence-corrected chi connectivity index (χ3v) is 2.98. The van der Waals surface area contributed by atoms with E-state index in [0.29, 0.717) is 0 Å². The van der Waals surface area contributed by atoms with Crippen LogP contribution >= 0.6 is 0 Å². The van der Waals surface area contributed by atoms with E-state index in [9.17, 15) is 9.59 Å². The van der Waals surface area contributed by atoms with Gasteiger partial charge in [-0.2, -0.15) is 5.10 Å². The van der Waals surface area contributed by atoms with Crippen LogP contribution in [-0.4, -0.2) is 32.8 Å². The molecule has 1 atom stereocenters. The fourth-order valence-electron chi connectivity index (χ4n) is 2.03. The summed E-state index contributed by atoms with van der Waals surface area (Å²) in [7, 11) is 0. The number of carboxylic acid groups (broad SMARTS) is 1. The number of hydrogen-bond acceptors (Lipinski definition) is 3. The SMILES string of the molecule is Cc1cc(C(=O)NC(C)CC(=O)O)nn1-c1ccccc1. The van der Waals surface area contributed by atoms with Gasteiger partial charge in [0.2, 0.25) is 0 Å². The molecule has 1 aromatic heterocycles. The van der Waals surface area contributed by atoms with Gasteiger partial charge in [-0.3, -0.25) is 9.59 Å². The average Bonchev–Trinajstić information content (AvgIpc) is 2.81. The molecule has 2 aromatic rings. The van der Waals surface area contributed by atoms with Gasteiger partial charge in [-0.15, -0.1) is 0 Å². The number of nitrogens with zero attached hydrogens (tertiary/aromatic N) is 2. The Labute approximate surface area is 122 Å². The molecule has 0 saturated heterocycles. The molecule has 0 aliphatic carbocycles. The van der Waals surface area contributed by atoms with Crippen LogP contribution in [0.4, 0.5) is 0 Å². The largest absolute Gasteiger partial charge is 0.481 e. The van der Waals surface area contributed by atoms with Crippen molar-refractivity contribution in [2.24, 2.45) is 0 Å². The summed E-state index contributed by atoms with van der Waals surface area (Å²) < 4.78 is 1.68. The second-order valence-corrected chi connectivity index (χ2v) is 4.89. The van der Waals surface area contributed by atoms with Gasteiger partial charge in [-0.05, 0) is 32.0 Å². The molecule has 0 aliphatic heterocycles. The first kappa shape index (κ1) is 14.8. The summed E-state index contributed by atoms with van der Waals surface area (Å²) in [6, 6.07) is 10.7. The third kappa shape index (κ3) is 3.68. The number of benzene rings is 1. The maximum Gasteiger partial charge on any atom is 0.305 e. The standard InChI is InChI=1S/C15H17N3O3/c1-10(8-14(19)20)16-15(21)13-9-11(2)18(17-13)12-6-4-3-5-7-12/h3-7,9-10H,8H2,1-2H3,(H,16,21)(H,19,20). The lowest BCUT2D eigenvalue weighted by Gasteiger charge is -2.09. The van der Waals surface area contributed by atoms with Crippen LogP contribution in [0.15, 0.2) is 36.4 Å². The average molecular weight is 287 g/mol. The molecule has 110 valence electrons. The fraction of sp³-hybridized carbons (Fsp3) is 0.267. The first-order chi connectivity index (χ1) is 9.97. The number of rotatable bonds is 5. The molecular weight excluding hydrogens is 270 g/mol. The minimum atomic E-state index is -0.950. The van der Waals surface area contributed by atoms with Gasteiger partial charge in [0.25, 0.3) is 5.91 Å². The third-order valence-electron chi connectivity index (χ3n) is 2.98. The molecule has 2 rings (SSSR count). The number of aromatic nitrogens is 2. The van der Waals surface area contributed by atoms with Crippen molar-refractivity contribution >= 4 is 11.9 Å². The van der Waals surface area contributed by atoms with Gasteiger partial charge in [0.1, 0.15) is 0 Å². The molecule has 1 unspecified atom stereocenters. The Morgan fingerprint density at radius 1 is 1.33 bits per heavy atom. The predicted molar refractivity (Wildman–Crippen MR) is 77.5 cm³/mol. The van der Waals surface area contributed by atoms with E-state index >= 15 is 0 Å². The number of amides is 1. The maximum absolute atomic E-state index is 12.1. The summed E-state index contributed by atoms with van der Waals surface area (Å²) in [5.74, 6) is -1.32. The summed E-state index contributed by atoms with van der Waals surface area (Å²) >= 11 is 0. The number of hydrogen-bond donors (Lipinski definition) is 2. The zero-order valence-corrected chi connectivity index (χ0v) is 11.9. The topological polar surface area (TPSA) is 84.2 Å². The number of carbonyl (C=O) groups is 2. The normalized spacial score (nSPS) is 11.9. The molecule has 2 N–H and O–H groups in total. The molecule has 0 radical (unpaired) electrons. The van der Waals surface area contributed by atoms with E-state index in [1.807, 2.05) is 37.3 Å². The highest BCUT2D eigenvalue weighted by molar-refractivity contribution is 5.92. The highest BCUT2D eigenvalue weighted by atomic mass is 16.4. The van der Waals surface area contributed by atoms with Crippen LogP contribution in [0, 0.1) is 6.92 Å². The van der Waals surface area contributed by atoms with Gasteiger partial charge in [-0.25, -0.2) is 4.68 Å². The molecular formula is C15H17N3O3. The van der Waals surface area contributed by atoms with Crippen molar-refractivity contribution in [1.82, 2.24) is 15.1 Å². The Morgan fingerprint density at radius 3 is 2.62 bits per heavy atom. The van der Waals surface area contributed by atoms with E-state index in [1.165, 1.54) is 0 Å². The quantitative estimate of drug-likeness (QED) is 0.877. The lowest BCUT2D eigenvalue weighted by Crippen LogP contribution is -2.34. The second kappa shape index (κ2) is 6.21. The zero-order valence-electron chi connectivity index (χ0n) is 11.9. The first-order valence-corrected chi connectivity index (χ1v) is 6.62. The summed E-state index contributed by atoms with van der Waals surface area (Å²) in [4.78, 5) is 22.7. The van der Waals surface area contributed by atoms with Gasteiger partial charge in [-0.1, -0.05) is 18.2 Å². The van der Waals surface area contributed by atoms with Crippen LogP contribution < -0.4 is 5.32 Å². The van der Waals surface area contributed by atoms with Crippen molar-refractivity contribution in [3.8, 4) is 5.69 Å². The molecule has 21 heavy (non-hydrogen) atoms. The van der Waals surface area contributed by atoms with Crippen LogP contribution in [0.25, 0.3) is 5.69 Å². The van der Waals surface area contributed by atoms with Crippen LogP contribution in [0.2, 0.25) is 0 Å². The first-order valence-electron chi connectivity index (χ1n) is 6.62. The summed E-state index contributed by atoms with van der Waals surface area (Å²) in [5, 5.41) is 15.6. The Bertz CT molecular complexity index is 649. The van der Waals surface area contributed by atoms with Crippen LogP contribution in [0.1, 0.15) is 29.5 Å². The molecule has 6 nitrogen and oxygen atoms in total. The van der Waals surface area contributed by atoms with Gasteiger partial charge < -0.3 is 10.4 Å². The molecule has 1 amide bonds. The molecule has 1 aromatic carbocycles. The molecule has 0 spiro atoms. The van der Waals surface area contributed by atoms with Gasteiger partial charge in [0, 0.05) is 11.7 Å². The van der Waals surface area contributed by atoms with Gasteiger partial charge in [0.05, 0.1) is 12.1 Å². The zero-order chi connectivity index (χ0) is 15.4. The molecule has 6 heteroatoms. The van der Waals surface area contributed by atoms with Crippen LogP contribution in [-0.2, 0) is 4.79 Å². The molecule has 0 fully saturated rings. The van der Waals surface area contributed by atoms with E-state index in [-0.39, 0.29) is 18.0 Å². The van der Waals surface area contributed by atoms with E-state index in [1.54, 1.807) is 17.7 Å². The Kier molecular flexibility index (Phi) is 4.37. The number of aryl methyl sites for hydroxylation is 1. The van der Waals surface area contributed by atoms with Crippen molar-refractivity contribution in [2.75, 3.05) is 0 Å². The van der Waals surface area contributed by atoms with E-state index in [0.717, 1.165) is 11.4 Å². The monoisotopic (exact) mass is 287 g/mol. The van der Waals surface area contributed by atoms with Gasteiger partial charge >= 0.3 is 5.97 Å². The van der Waals surface area contributed by atoms with Crippen molar-refractivity contribution < 1.29 is 14.7 Å². The summed E-state index contributed by atoms with van der Waals surface area (Å²) in [6.45, 7) is 3.50. The van der Waals surface area contributed by atoms with Crippen molar-refractivity contribution in [1.29, 1.82) is 0 Å². The second-order valence-electron chi connectivity index (χ2n) is 4.89. The van der Waals surface area contributed by atoms with Gasteiger partial charge in [0.15, 0.2) is 5.69 Å². The number of para-hydroxylation sites is 1. The van der Waals surface area contributed by atoms with Crippen molar-refractivity contribution in [3.63, 3.8) is 0 Å². The summed E-state index contributed by atoms with van der Waals surface area (Å²) in [6.07, 6.45) is -0.121. The minimum absolute atomic E-state index is 0.121. The Balaban J connectivity index is 2.15. The minimum Gasteiger partial charge on any atom is -0.481 e. The number of aliphatic carboxylic acids is 1. The Morgan fingerprint density at radius 2 is 2.00 bits per heavy atom. The molecule has 0 aliphatic rings. The smallest absolute Gasteiger partial charge is 0.305 e. The van der Waals surface area contributed by atoms with Crippen LogP contribution in [0.5, 0.6) is 0 Å². The van der Waals surface area contributed by atoms with E-state index in [4.69, 9.17) is 5.11 Å². The van der Waals surface area contributed by atoms with Crippen molar-refractivity contribution in [3.05, 3.63) is 47.8 Å². The predicted octanol–water partition coefficient (Wildman–Crippen LogP) is 1.77. The number of nitrogens with one attached hydrogen (secondary N) is 1. The lowest BCUT2D eigenvalue weighted by atomic mass is 10.2. The lowest BCUT2D eigenvalue weighted by molar-refractivity contribution is -0.137. The van der Waals surface area contributed by atoms with Crippen LogP contribution in [0.3, 0.4) is 0 Å². The number of carboxylic acids is 1. The molecule has 0 saturated carbocycles.